The molecule has 2 amide bonds. The van der Waals surface area contributed by atoms with Gasteiger partial charge in [-0.1, -0.05) is 13.8 Å². The van der Waals surface area contributed by atoms with E-state index in [4.69, 9.17) is 5.11 Å². The maximum absolute atomic E-state index is 12.0. The molecular weight excluding hydrogens is 232 g/mol. The molecule has 0 aromatic heterocycles. The van der Waals surface area contributed by atoms with Gasteiger partial charge in [0.15, 0.2) is 0 Å². The summed E-state index contributed by atoms with van der Waals surface area (Å²) < 4.78 is 0. The third-order valence-corrected chi connectivity index (χ3v) is 4.28. The van der Waals surface area contributed by atoms with Crippen LogP contribution in [0.25, 0.3) is 0 Å². The Morgan fingerprint density at radius 1 is 1.28 bits per heavy atom. The minimum absolute atomic E-state index is 0.211. The summed E-state index contributed by atoms with van der Waals surface area (Å²) in [5.74, 6) is 0.431. The molecule has 0 unspecified atom stereocenters. The van der Waals surface area contributed by atoms with Crippen molar-refractivity contribution in [2.45, 2.75) is 45.1 Å². The van der Waals surface area contributed by atoms with E-state index in [1.165, 1.54) is 0 Å². The third kappa shape index (κ3) is 2.60. The molecular formula is C13H22N2O3. The van der Waals surface area contributed by atoms with Crippen LogP contribution in [-0.2, 0) is 4.79 Å². The lowest BCUT2D eigenvalue weighted by molar-refractivity contribution is -0.140. The third-order valence-electron chi connectivity index (χ3n) is 4.28. The first-order valence-electron chi connectivity index (χ1n) is 6.75. The number of rotatable bonds is 3. The first kappa shape index (κ1) is 13.2. The van der Waals surface area contributed by atoms with Crippen LogP contribution in [0.1, 0.15) is 39.5 Å². The van der Waals surface area contributed by atoms with Crippen molar-refractivity contribution >= 4 is 12.0 Å². The van der Waals surface area contributed by atoms with Gasteiger partial charge in [-0.15, -0.1) is 0 Å². The standard InChI is InChI=1S/C13H22N2O3/c1-9(2)10-3-7-15(8-4-10)12(18)14-13(5-6-13)11(16)17/h9-10H,3-8H2,1-2H3,(H,14,18)(H,16,17). The average Bonchev–Trinajstić information content (AvgIpc) is 3.10. The maximum Gasteiger partial charge on any atom is 0.329 e. The van der Waals surface area contributed by atoms with Crippen molar-refractivity contribution in [2.24, 2.45) is 11.8 Å². The van der Waals surface area contributed by atoms with E-state index in [9.17, 15) is 9.59 Å². The highest BCUT2D eigenvalue weighted by Gasteiger charge is 2.52. The number of likely N-dealkylation sites (tertiary alicyclic amines) is 1. The fraction of sp³-hybridized carbons (Fsp3) is 0.846. The molecule has 1 aliphatic heterocycles. The second kappa shape index (κ2) is 4.78. The molecule has 18 heavy (non-hydrogen) atoms. The molecule has 1 saturated carbocycles. The Kier molecular flexibility index (Phi) is 3.50. The van der Waals surface area contributed by atoms with Crippen molar-refractivity contribution in [3.63, 3.8) is 0 Å². The lowest BCUT2D eigenvalue weighted by atomic mass is 9.87. The normalized spacial score (nSPS) is 22.9. The minimum atomic E-state index is -0.966. The molecule has 1 heterocycles. The lowest BCUT2D eigenvalue weighted by Gasteiger charge is -2.34. The lowest BCUT2D eigenvalue weighted by Crippen LogP contribution is -2.51. The first-order valence-corrected chi connectivity index (χ1v) is 6.75. The van der Waals surface area contributed by atoms with Gasteiger partial charge in [-0.2, -0.15) is 0 Å². The average molecular weight is 254 g/mol. The number of nitrogens with one attached hydrogen (secondary N) is 1. The molecule has 0 atom stereocenters. The molecule has 1 aliphatic carbocycles. The number of hydrogen-bond donors (Lipinski definition) is 2. The number of carboxylic acids is 1. The zero-order chi connectivity index (χ0) is 13.3. The summed E-state index contributed by atoms with van der Waals surface area (Å²) in [5, 5.41) is 11.7. The Labute approximate surface area is 108 Å². The van der Waals surface area contributed by atoms with Crippen LogP contribution >= 0.6 is 0 Å². The molecule has 2 aliphatic rings. The first-order chi connectivity index (χ1) is 8.44. The molecule has 0 aromatic carbocycles. The van der Waals surface area contributed by atoms with Crippen molar-refractivity contribution < 1.29 is 14.7 Å². The summed E-state index contributed by atoms with van der Waals surface area (Å²) in [6.45, 7) is 5.91. The Morgan fingerprint density at radius 2 is 1.83 bits per heavy atom. The number of carbonyl (C=O) groups is 2. The van der Waals surface area contributed by atoms with Crippen LogP contribution in [0.4, 0.5) is 4.79 Å². The molecule has 0 bridgehead atoms. The van der Waals surface area contributed by atoms with Crippen molar-refractivity contribution in [3.05, 3.63) is 0 Å². The summed E-state index contributed by atoms with van der Waals surface area (Å²) in [7, 11) is 0. The summed E-state index contributed by atoms with van der Waals surface area (Å²) in [5.41, 5.74) is -0.966. The molecule has 2 fully saturated rings. The SMILES string of the molecule is CC(C)C1CCN(C(=O)NC2(C(=O)O)CC2)CC1. The van der Waals surface area contributed by atoms with Gasteiger partial charge in [0.05, 0.1) is 0 Å². The highest BCUT2D eigenvalue weighted by atomic mass is 16.4. The molecule has 2 rings (SSSR count). The number of carboxylic acid groups (broad SMARTS) is 1. The molecule has 0 radical (unpaired) electrons. The number of hydrogen-bond acceptors (Lipinski definition) is 2. The van der Waals surface area contributed by atoms with Crippen LogP contribution in [0.15, 0.2) is 0 Å². The van der Waals surface area contributed by atoms with E-state index in [2.05, 4.69) is 19.2 Å². The van der Waals surface area contributed by atoms with E-state index < -0.39 is 11.5 Å². The monoisotopic (exact) mass is 254 g/mol. The Bertz CT molecular complexity index is 342. The number of aliphatic carboxylic acids is 1. The molecule has 1 saturated heterocycles. The molecule has 0 aromatic rings. The predicted octanol–water partition coefficient (Wildman–Crippen LogP) is 1.68. The van der Waals surface area contributed by atoms with Crippen molar-refractivity contribution in [1.82, 2.24) is 10.2 Å². The van der Waals surface area contributed by atoms with Gasteiger partial charge in [-0.3, -0.25) is 0 Å². The molecule has 5 nitrogen and oxygen atoms in total. The molecule has 102 valence electrons. The number of amides is 2. The van der Waals surface area contributed by atoms with Gasteiger partial charge in [-0.05, 0) is 37.5 Å². The Balaban J connectivity index is 1.83. The largest absolute Gasteiger partial charge is 0.480 e. The molecule has 5 heteroatoms. The maximum atomic E-state index is 12.0. The van der Waals surface area contributed by atoms with Crippen molar-refractivity contribution in [3.8, 4) is 0 Å². The zero-order valence-electron chi connectivity index (χ0n) is 11.1. The van der Waals surface area contributed by atoms with E-state index in [0.29, 0.717) is 24.7 Å². The highest BCUT2D eigenvalue weighted by Crippen LogP contribution is 2.36. The Hall–Kier alpha value is -1.26. The van der Waals surface area contributed by atoms with Crippen LogP contribution in [0.3, 0.4) is 0 Å². The van der Waals surface area contributed by atoms with Gasteiger partial charge in [0, 0.05) is 13.1 Å². The summed E-state index contributed by atoms with van der Waals surface area (Å²) >= 11 is 0. The Morgan fingerprint density at radius 3 is 2.22 bits per heavy atom. The zero-order valence-corrected chi connectivity index (χ0v) is 11.1. The smallest absolute Gasteiger partial charge is 0.329 e. The van der Waals surface area contributed by atoms with Gasteiger partial charge >= 0.3 is 12.0 Å². The number of urea groups is 1. The van der Waals surface area contributed by atoms with E-state index in [0.717, 1.165) is 25.9 Å². The van der Waals surface area contributed by atoms with Crippen LogP contribution in [0.2, 0.25) is 0 Å². The minimum Gasteiger partial charge on any atom is -0.480 e. The van der Waals surface area contributed by atoms with Gasteiger partial charge in [0.2, 0.25) is 0 Å². The summed E-state index contributed by atoms with van der Waals surface area (Å²) in [6.07, 6.45) is 3.14. The van der Waals surface area contributed by atoms with Crippen molar-refractivity contribution in [2.75, 3.05) is 13.1 Å². The van der Waals surface area contributed by atoms with E-state index in [1.807, 2.05) is 0 Å². The number of carbonyl (C=O) groups excluding carboxylic acids is 1. The van der Waals surface area contributed by atoms with E-state index in [-0.39, 0.29) is 6.03 Å². The summed E-state index contributed by atoms with van der Waals surface area (Å²) in [4.78, 5) is 24.7. The van der Waals surface area contributed by atoms with Gasteiger partial charge in [0.1, 0.15) is 5.54 Å². The van der Waals surface area contributed by atoms with Gasteiger partial charge in [-0.25, -0.2) is 9.59 Å². The quantitative estimate of drug-likeness (QED) is 0.805. The molecule has 0 spiro atoms. The van der Waals surface area contributed by atoms with Crippen LogP contribution in [0.5, 0.6) is 0 Å². The fourth-order valence-corrected chi connectivity index (χ4v) is 2.57. The van der Waals surface area contributed by atoms with Gasteiger partial charge < -0.3 is 15.3 Å². The van der Waals surface area contributed by atoms with Crippen LogP contribution < -0.4 is 5.32 Å². The fourth-order valence-electron chi connectivity index (χ4n) is 2.57. The summed E-state index contributed by atoms with van der Waals surface area (Å²) in [6, 6.07) is -0.211. The number of nitrogens with zero attached hydrogens (tertiary/aromatic N) is 1. The second-order valence-electron chi connectivity index (χ2n) is 5.89. The van der Waals surface area contributed by atoms with E-state index >= 15 is 0 Å². The van der Waals surface area contributed by atoms with E-state index in [1.54, 1.807) is 4.90 Å². The van der Waals surface area contributed by atoms with Crippen LogP contribution in [0, 0.1) is 11.8 Å². The van der Waals surface area contributed by atoms with Crippen molar-refractivity contribution in [1.29, 1.82) is 0 Å². The second-order valence-corrected chi connectivity index (χ2v) is 5.89. The topological polar surface area (TPSA) is 69.6 Å². The number of piperidine rings is 1. The predicted molar refractivity (Wildman–Crippen MR) is 67.3 cm³/mol. The van der Waals surface area contributed by atoms with Crippen LogP contribution in [-0.4, -0.2) is 40.6 Å². The highest BCUT2D eigenvalue weighted by molar-refractivity contribution is 5.88. The van der Waals surface area contributed by atoms with Gasteiger partial charge in [0.25, 0.3) is 0 Å². The molecule has 2 N–H and O–H groups in total.